The second-order valence-corrected chi connectivity index (χ2v) is 3.15. The van der Waals surface area contributed by atoms with Crippen molar-refractivity contribution < 1.29 is 9.47 Å². The summed E-state index contributed by atoms with van der Waals surface area (Å²) in [5, 5.41) is 7.59. The van der Waals surface area contributed by atoms with Gasteiger partial charge in [-0.25, -0.2) is 5.32 Å². The maximum atomic E-state index is 5.57. The summed E-state index contributed by atoms with van der Waals surface area (Å²) < 4.78 is 11.1. The molecule has 0 amide bonds. The van der Waals surface area contributed by atoms with Gasteiger partial charge in [0.2, 0.25) is 0 Å². The highest BCUT2D eigenvalue weighted by Gasteiger charge is 2.26. The van der Waals surface area contributed by atoms with Gasteiger partial charge in [0.25, 0.3) is 0 Å². The average Bonchev–Trinajstić information content (AvgIpc) is 2.21. The Labute approximate surface area is 72.6 Å². The maximum Gasteiger partial charge on any atom is 0.0990 e. The van der Waals surface area contributed by atoms with Crippen molar-refractivity contribution in [1.82, 2.24) is 10.6 Å². The summed E-state index contributed by atoms with van der Waals surface area (Å²) in [7, 11) is 0. The molecule has 1 radical (unpaired) electrons. The summed E-state index contributed by atoms with van der Waals surface area (Å²) in [4.78, 5) is 0. The Morgan fingerprint density at radius 2 is 2.08 bits per heavy atom. The van der Waals surface area contributed by atoms with Crippen molar-refractivity contribution in [2.45, 2.75) is 12.2 Å². The van der Waals surface area contributed by atoms with Gasteiger partial charge in [0.15, 0.2) is 0 Å². The molecule has 69 valence electrons. The molecule has 2 rings (SSSR count). The van der Waals surface area contributed by atoms with Crippen molar-refractivity contribution in [2.75, 3.05) is 39.4 Å². The van der Waals surface area contributed by atoms with Gasteiger partial charge < -0.3 is 14.8 Å². The van der Waals surface area contributed by atoms with E-state index in [2.05, 4.69) is 10.6 Å². The Morgan fingerprint density at radius 3 is 2.75 bits per heavy atom. The summed E-state index contributed by atoms with van der Waals surface area (Å²) in [5.41, 5.74) is 0. The number of hydrogen-bond acceptors (Lipinski definition) is 3. The lowest BCUT2D eigenvalue weighted by Crippen LogP contribution is -2.51. The quantitative estimate of drug-likeness (QED) is 0.549. The second-order valence-electron chi connectivity index (χ2n) is 3.15. The van der Waals surface area contributed by atoms with Gasteiger partial charge in [-0.05, 0) is 0 Å². The third-order valence-electron chi connectivity index (χ3n) is 2.26. The van der Waals surface area contributed by atoms with E-state index in [0.29, 0.717) is 0 Å². The van der Waals surface area contributed by atoms with Crippen LogP contribution in [0.1, 0.15) is 0 Å². The van der Waals surface area contributed by atoms with Crippen molar-refractivity contribution in [2.24, 2.45) is 0 Å². The summed E-state index contributed by atoms with van der Waals surface area (Å²) in [6, 6.07) is 0. The monoisotopic (exact) mass is 171 g/mol. The highest BCUT2D eigenvalue weighted by atomic mass is 16.5. The summed E-state index contributed by atoms with van der Waals surface area (Å²) in [6.45, 7) is 5.05. The molecule has 0 aromatic rings. The summed E-state index contributed by atoms with van der Waals surface area (Å²) in [6.07, 6.45) is 0.398. The minimum Gasteiger partial charge on any atom is -0.373 e. The number of nitrogens with one attached hydrogen (secondary N) is 1. The van der Waals surface area contributed by atoms with Crippen molar-refractivity contribution in [3.8, 4) is 0 Å². The van der Waals surface area contributed by atoms with Gasteiger partial charge in [0, 0.05) is 26.2 Å². The van der Waals surface area contributed by atoms with E-state index in [9.17, 15) is 0 Å². The maximum absolute atomic E-state index is 5.57. The molecular weight excluding hydrogens is 156 g/mol. The highest BCUT2D eigenvalue weighted by molar-refractivity contribution is 4.80. The van der Waals surface area contributed by atoms with Gasteiger partial charge >= 0.3 is 0 Å². The number of ether oxygens (including phenoxy) is 2. The lowest BCUT2D eigenvalue weighted by atomic mass is 10.1. The molecule has 4 nitrogen and oxygen atoms in total. The molecule has 2 heterocycles. The van der Waals surface area contributed by atoms with Crippen molar-refractivity contribution in [3.63, 3.8) is 0 Å². The third kappa shape index (κ3) is 1.95. The molecule has 12 heavy (non-hydrogen) atoms. The number of morpholine rings is 2. The molecule has 4 heteroatoms. The lowest BCUT2D eigenvalue weighted by Gasteiger charge is -2.32. The van der Waals surface area contributed by atoms with Crippen LogP contribution in [0.3, 0.4) is 0 Å². The molecule has 0 aromatic heterocycles. The van der Waals surface area contributed by atoms with Crippen molar-refractivity contribution in [1.29, 1.82) is 0 Å². The van der Waals surface area contributed by atoms with Gasteiger partial charge in [0.1, 0.15) is 0 Å². The van der Waals surface area contributed by atoms with Crippen LogP contribution in [-0.2, 0) is 9.47 Å². The van der Waals surface area contributed by atoms with Gasteiger partial charge in [0.05, 0.1) is 25.4 Å². The van der Waals surface area contributed by atoms with E-state index >= 15 is 0 Å². The molecule has 2 atom stereocenters. The molecule has 2 aliphatic rings. The fraction of sp³-hybridized carbons (Fsp3) is 1.00. The number of hydrogen-bond donors (Lipinski definition) is 1. The fourth-order valence-electron chi connectivity index (χ4n) is 1.59. The minimum atomic E-state index is 0.187. The van der Waals surface area contributed by atoms with E-state index in [1.54, 1.807) is 0 Å². The first-order valence-electron chi connectivity index (χ1n) is 4.54. The Balaban J connectivity index is 1.80. The van der Waals surface area contributed by atoms with Crippen LogP contribution in [0, 0.1) is 0 Å². The zero-order chi connectivity index (χ0) is 8.23. The number of nitrogens with zero attached hydrogens (tertiary/aromatic N) is 1. The molecule has 1 N–H and O–H groups in total. The van der Waals surface area contributed by atoms with Crippen LogP contribution in [0.25, 0.3) is 0 Å². The normalized spacial score (nSPS) is 38.0. The van der Waals surface area contributed by atoms with E-state index in [0.717, 1.165) is 39.4 Å². The molecule has 0 saturated carbocycles. The van der Waals surface area contributed by atoms with Crippen LogP contribution in [0.5, 0.6) is 0 Å². The molecule has 2 aliphatic heterocycles. The first-order chi connectivity index (χ1) is 5.97. The van der Waals surface area contributed by atoms with E-state index in [-0.39, 0.29) is 12.2 Å². The van der Waals surface area contributed by atoms with Crippen molar-refractivity contribution >= 4 is 0 Å². The Kier molecular flexibility index (Phi) is 2.94. The van der Waals surface area contributed by atoms with E-state index in [4.69, 9.17) is 9.47 Å². The second kappa shape index (κ2) is 4.18. The highest BCUT2D eigenvalue weighted by Crippen LogP contribution is 2.08. The molecule has 0 aromatic carbocycles. The average molecular weight is 171 g/mol. The van der Waals surface area contributed by atoms with Crippen LogP contribution in [0.4, 0.5) is 0 Å². The topological polar surface area (TPSA) is 44.6 Å². The first kappa shape index (κ1) is 8.44. The molecular formula is C8H15N2O2. The molecule has 2 unspecified atom stereocenters. The zero-order valence-electron chi connectivity index (χ0n) is 7.16. The minimum absolute atomic E-state index is 0.187. The SMILES string of the molecule is C1COC(C2CNCCO2)C[N]1. The third-order valence-corrected chi connectivity index (χ3v) is 2.26. The lowest BCUT2D eigenvalue weighted by molar-refractivity contribution is -0.0940. The summed E-state index contributed by atoms with van der Waals surface area (Å²) >= 11 is 0. The van der Waals surface area contributed by atoms with Crippen LogP contribution < -0.4 is 10.6 Å². The Hall–Kier alpha value is -0.160. The van der Waals surface area contributed by atoms with Crippen LogP contribution in [-0.4, -0.2) is 51.6 Å². The Morgan fingerprint density at radius 1 is 1.17 bits per heavy atom. The van der Waals surface area contributed by atoms with E-state index in [1.165, 1.54) is 0 Å². The van der Waals surface area contributed by atoms with Gasteiger partial charge in [-0.15, -0.1) is 0 Å². The molecule has 0 bridgehead atoms. The fourth-order valence-corrected chi connectivity index (χ4v) is 1.59. The zero-order valence-corrected chi connectivity index (χ0v) is 7.16. The van der Waals surface area contributed by atoms with Gasteiger partial charge in [-0.1, -0.05) is 0 Å². The standard InChI is InChI=1S/C8H15N2O2/c1-3-11-7(5-9-1)8-6-10-2-4-12-8/h7-9H,1-6H2. The predicted octanol–water partition coefficient (Wildman–Crippen LogP) is -1.02. The van der Waals surface area contributed by atoms with E-state index < -0.39 is 0 Å². The van der Waals surface area contributed by atoms with E-state index in [1.807, 2.05) is 0 Å². The van der Waals surface area contributed by atoms with Gasteiger partial charge in [-0.2, -0.15) is 0 Å². The van der Waals surface area contributed by atoms with Crippen LogP contribution in [0.2, 0.25) is 0 Å². The van der Waals surface area contributed by atoms with Crippen molar-refractivity contribution in [3.05, 3.63) is 0 Å². The predicted molar refractivity (Wildman–Crippen MR) is 44.2 cm³/mol. The smallest absolute Gasteiger partial charge is 0.0990 e. The summed E-state index contributed by atoms with van der Waals surface area (Å²) in [5.74, 6) is 0. The molecule has 0 spiro atoms. The molecule has 2 fully saturated rings. The number of rotatable bonds is 1. The first-order valence-corrected chi connectivity index (χ1v) is 4.54. The molecule has 0 aliphatic carbocycles. The van der Waals surface area contributed by atoms with Crippen LogP contribution >= 0.6 is 0 Å². The Bertz CT molecular complexity index is 115. The van der Waals surface area contributed by atoms with Gasteiger partial charge in [-0.3, -0.25) is 0 Å². The van der Waals surface area contributed by atoms with Crippen LogP contribution in [0.15, 0.2) is 0 Å². The largest absolute Gasteiger partial charge is 0.373 e. The molecule has 2 saturated heterocycles.